The minimum Gasteiger partial charge on any atom is -0.483 e. The maximum absolute atomic E-state index is 12.9. The molecule has 172 valence electrons. The van der Waals surface area contributed by atoms with E-state index in [1.807, 2.05) is 6.92 Å². The molecule has 2 aromatic rings. The molecule has 0 saturated heterocycles. The van der Waals surface area contributed by atoms with E-state index >= 15 is 0 Å². The highest BCUT2D eigenvalue weighted by Crippen LogP contribution is 2.28. The standard InChI is InChI=1S/C21H25N3O7S/c1-5-18(17-8-6-7-9-19(17)31-13-20(25)23(2)3)22-21(26)14-10-15(24(27)28)12-16(11-14)32(4,29)30/h6-12,18H,5,13H2,1-4H3,(H,22,26). The van der Waals surface area contributed by atoms with Crippen molar-refractivity contribution < 1.29 is 27.7 Å². The van der Waals surface area contributed by atoms with E-state index in [4.69, 9.17) is 4.74 Å². The van der Waals surface area contributed by atoms with Gasteiger partial charge in [0.2, 0.25) is 0 Å². The SMILES string of the molecule is CCC(NC(=O)c1cc([N+](=O)[O-])cc(S(C)(=O)=O)c1)c1ccccc1OCC(=O)N(C)C. The number of hydrogen-bond donors (Lipinski definition) is 1. The summed E-state index contributed by atoms with van der Waals surface area (Å²) in [4.78, 5) is 36.3. The Morgan fingerprint density at radius 3 is 2.41 bits per heavy atom. The lowest BCUT2D eigenvalue weighted by atomic mass is 10.0. The number of nitrogens with zero attached hydrogens (tertiary/aromatic N) is 2. The summed E-state index contributed by atoms with van der Waals surface area (Å²) in [5.41, 5.74) is -0.0417. The van der Waals surface area contributed by atoms with Gasteiger partial charge in [-0.15, -0.1) is 0 Å². The second-order valence-electron chi connectivity index (χ2n) is 7.29. The molecule has 0 aliphatic carbocycles. The molecule has 11 heteroatoms. The Labute approximate surface area is 186 Å². The lowest BCUT2D eigenvalue weighted by Crippen LogP contribution is -2.30. The van der Waals surface area contributed by atoms with Gasteiger partial charge in [0.05, 0.1) is 15.9 Å². The fraction of sp³-hybridized carbons (Fsp3) is 0.333. The lowest BCUT2D eigenvalue weighted by molar-refractivity contribution is -0.385. The van der Waals surface area contributed by atoms with Crippen molar-refractivity contribution in [3.05, 3.63) is 63.7 Å². The number of hydrogen-bond acceptors (Lipinski definition) is 7. The summed E-state index contributed by atoms with van der Waals surface area (Å²) in [5, 5.41) is 14.0. The number of rotatable bonds is 9. The monoisotopic (exact) mass is 463 g/mol. The van der Waals surface area contributed by atoms with Crippen molar-refractivity contribution in [2.45, 2.75) is 24.3 Å². The van der Waals surface area contributed by atoms with Crippen LogP contribution in [-0.4, -0.2) is 57.0 Å². The predicted octanol–water partition coefficient (Wildman–Crippen LogP) is 2.35. The quantitative estimate of drug-likeness (QED) is 0.445. The van der Waals surface area contributed by atoms with Crippen molar-refractivity contribution in [1.82, 2.24) is 10.2 Å². The molecule has 10 nitrogen and oxygen atoms in total. The molecule has 32 heavy (non-hydrogen) atoms. The number of non-ortho nitro benzene ring substituents is 1. The largest absolute Gasteiger partial charge is 0.483 e. The molecule has 0 saturated carbocycles. The van der Waals surface area contributed by atoms with Crippen LogP contribution < -0.4 is 10.1 Å². The number of likely N-dealkylation sites (N-methyl/N-ethyl adjacent to an activating group) is 1. The fourth-order valence-corrected chi connectivity index (χ4v) is 3.52. The average Bonchev–Trinajstić information content (AvgIpc) is 2.74. The van der Waals surface area contributed by atoms with Gasteiger partial charge in [0.15, 0.2) is 16.4 Å². The summed E-state index contributed by atoms with van der Waals surface area (Å²) in [5.74, 6) is -0.503. The lowest BCUT2D eigenvalue weighted by Gasteiger charge is -2.21. The van der Waals surface area contributed by atoms with E-state index in [0.29, 0.717) is 17.7 Å². The van der Waals surface area contributed by atoms with E-state index in [2.05, 4.69) is 5.32 Å². The number of benzene rings is 2. The maximum Gasteiger partial charge on any atom is 0.271 e. The Bertz CT molecular complexity index is 1130. The van der Waals surface area contributed by atoms with Gasteiger partial charge in [-0.05, 0) is 18.6 Å². The van der Waals surface area contributed by atoms with Gasteiger partial charge in [-0.3, -0.25) is 19.7 Å². The molecule has 0 aliphatic rings. The topological polar surface area (TPSA) is 136 Å². The van der Waals surface area contributed by atoms with Crippen molar-refractivity contribution in [3.8, 4) is 5.75 Å². The van der Waals surface area contributed by atoms with Crippen LogP contribution in [0, 0.1) is 10.1 Å². The maximum atomic E-state index is 12.9. The predicted molar refractivity (Wildman–Crippen MR) is 117 cm³/mol. The van der Waals surface area contributed by atoms with Gasteiger partial charge in [0, 0.05) is 43.6 Å². The van der Waals surface area contributed by atoms with Crippen molar-refractivity contribution in [2.75, 3.05) is 27.0 Å². The zero-order chi connectivity index (χ0) is 24.1. The van der Waals surface area contributed by atoms with E-state index in [9.17, 15) is 28.1 Å². The number of ether oxygens (including phenoxy) is 1. The molecule has 0 spiro atoms. The van der Waals surface area contributed by atoms with E-state index in [-0.39, 0.29) is 23.0 Å². The second kappa shape index (κ2) is 10.2. The van der Waals surface area contributed by atoms with Crippen molar-refractivity contribution in [3.63, 3.8) is 0 Å². The normalized spacial score (nSPS) is 12.0. The smallest absolute Gasteiger partial charge is 0.271 e. The highest BCUT2D eigenvalue weighted by Gasteiger charge is 2.22. The molecular weight excluding hydrogens is 438 g/mol. The zero-order valence-corrected chi connectivity index (χ0v) is 19.0. The van der Waals surface area contributed by atoms with Crippen LogP contribution in [0.1, 0.15) is 35.3 Å². The first kappa shape index (κ1) is 24.8. The van der Waals surface area contributed by atoms with Crippen LogP contribution in [0.2, 0.25) is 0 Å². The summed E-state index contributed by atoms with van der Waals surface area (Å²) in [7, 11) is -0.555. The van der Waals surface area contributed by atoms with Gasteiger partial charge < -0.3 is 15.0 Å². The third-order valence-electron chi connectivity index (χ3n) is 4.65. The fourth-order valence-electron chi connectivity index (χ4n) is 2.84. The number of carbonyl (C=O) groups excluding carboxylic acids is 2. The third-order valence-corrected chi connectivity index (χ3v) is 5.74. The minimum atomic E-state index is -3.77. The zero-order valence-electron chi connectivity index (χ0n) is 18.2. The van der Waals surface area contributed by atoms with Crippen molar-refractivity contribution in [1.29, 1.82) is 0 Å². The first-order valence-electron chi connectivity index (χ1n) is 9.66. The first-order chi connectivity index (χ1) is 14.9. The first-order valence-corrected chi connectivity index (χ1v) is 11.6. The molecule has 0 radical (unpaired) electrons. The van der Waals surface area contributed by atoms with Gasteiger partial charge in [-0.2, -0.15) is 0 Å². The molecule has 0 aliphatic heterocycles. The average molecular weight is 464 g/mol. The van der Waals surface area contributed by atoms with Crippen LogP contribution in [0.4, 0.5) is 5.69 Å². The summed E-state index contributed by atoms with van der Waals surface area (Å²) < 4.78 is 29.4. The molecule has 2 amide bonds. The Balaban J connectivity index is 2.34. The Morgan fingerprint density at radius 2 is 1.84 bits per heavy atom. The van der Waals surface area contributed by atoms with Gasteiger partial charge in [0.1, 0.15) is 5.75 Å². The van der Waals surface area contributed by atoms with Crippen LogP contribution in [0.5, 0.6) is 5.75 Å². The Morgan fingerprint density at radius 1 is 1.19 bits per heavy atom. The molecule has 1 atom stereocenters. The van der Waals surface area contributed by atoms with Crippen LogP contribution in [0.25, 0.3) is 0 Å². The summed E-state index contributed by atoms with van der Waals surface area (Å²) >= 11 is 0. The number of sulfone groups is 1. The molecule has 0 heterocycles. The van der Waals surface area contributed by atoms with Crippen LogP contribution in [0.3, 0.4) is 0 Å². The molecule has 0 bridgehead atoms. The van der Waals surface area contributed by atoms with Gasteiger partial charge in [0.25, 0.3) is 17.5 Å². The van der Waals surface area contributed by atoms with Gasteiger partial charge >= 0.3 is 0 Å². The number of amides is 2. The van der Waals surface area contributed by atoms with Gasteiger partial charge in [-0.25, -0.2) is 8.42 Å². The summed E-state index contributed by atoms with van der Waals surface area (Å²) in [6, 6.07) is 9.37. The van der Waals surface area contributed by atoms with Crippen LogP contribution in [-0.2, 0) is 14.6 Å². The van der Waals surface area contributed by atoms with E-state index < -0.39 is 32.4 Å². The van der Waals surface area contributed by atoms with Crippen molar-refractivity contribution in [2.24, 2.45) is 0 Å². The van der Waals surface area contributed by atoms with E-state index in [0.717, 1.165) is 24.5 Å². The van der Waals surface area contributed by atoms with Crippen LogP contribution >= 0.6 is 0 Å². The molecule has 0 fully saturated rings. The molecule has 2 rings (SSSR count). The van der Waals surface area contributed by atoms with E-state index in [1.54, 1.807) is 38.4 Å². The summed E-state index contributed by atoms with van der Waals surface area (Å²) in [6.07, 6.45) is 1.35. The number of nitrogens with one attached hydrogen (secondary N) is 1. The Hall–Kier alpha value is -3.47. The summed E-state index contributed by atoms with van der Waals surface area (Å²) in [6.45, 7) is 1.64. The molecule has 2 aromatic carbocycles. The number of para-hydroxylation sites is 1. The third kappa shape index (κ3) is 6.27. The minimum absolute atomic E-state index is 0.153. The molecule has 0 aromatic heterocycles. The van der Waals surface area contributed by atoms with Gasteiger partial charge in [-0.1, -0.05) is 25.1 Å². The molecule has 1 unspecified atom stereocenters. The van der Waals surface area contributed by atoms with Crippen molar-refractivity contribution >= 4 is 27.3 Å². The molecular formula is C21H25N3O7S. The second-order valence-corrected chi connectivity index (χ2v) is 9.31. The van der Waals surface area contributed by atoms with E-state index in [1.165, 1.54) is 4.90 Å². The number of carbonyl (C=O) groups is 2. The number of nitro benzene ring substituents is 1. The molecule has 1 N–H and O–H groups in total. The van der Waals surface area contributed by atoms with Crippen LogP contribution in [0.15, 0.2) is 47.4 Å². The highest BCUT2D eigenvalue weighted by atomic mass is 32.2. The number of nitro groups is 1. The Kier molecular flexibility index (Phi) is 7.92. The highest BCUT2D eigenvalue weighted by molar-refractivity contribution is 7.90.